The molecule has 0 spiro atoms. The highest BCUT2D eigenvalue weighted by atomic mass is 32.2. The van der Waals surface area contributed by atoms with E-state index in [9.17, 15) is 4.79 Å². The summed E-state index contributed by atoms with van der Waals surface area (Å²) in [6.45, 7) is 0. The Kier molecular flexibility index (Phi) is 4.52. The van der Waals surface area contributed by atoms with Crippen LogP contribution in [0.2, 0.25) is 0 Å². The molecule has 0 aliphatic rings. The van der Waals surface area contributed by atoms with E-state index in [-0.39, 0.29) is 11.7 Å². The van der Waals surface area contributed by atoms with Crippen molar-refractivity contribution in [3.63, 3.8) is 0 Å². The SMILES string of the molecule is Cn1ccnc1SCc1ccc(C(=O)N=c2sc3ccccc3n2C)o1. The number of hydrogen-bond donors (Lipinski definition) is 0. The van der Waals surface area contributed by atoms with Gasteiger partial charge in [0.25, 0.3) is 0 Å². The predicted molar refractivity (Wildman–Crippen MR) is 102 cm³/mol. The number of aromatic nitrogens is 3. The minimum atomic E-state index is -0.375. The quantitative estimate of drug-likeness (QED) is 0.504. The first-order valence-electron chi connectivity index (χ1n) is 7.94. The Bertz CT molecular complexity index is 1150. The van der Waals surface area contributed by atoms with Gasteiger partial charge in [0, 0.05) is 26.5 Å². The van der Waals surface area contributed by atoms with Crippen molar-refractivity contribution in [1.29, 1.82) is 0 Å². The molecule has 0 aliphatic heterocycles. The summed E-state index contributed by atoms with van der Waals surface area (Å²) in [4.78, 5) is 21.6. The van der Waals surface area contributed by atoms with Crippen LogP contribution in [0.3, 0.4) is 0 Å². The second kappa shape index (κ2) is 6.97. The largest absolute Gasteiger partial charge is 0.455 e. The Hall–Kier alpha value is -2.58. The lowest BCUT2D eigenvalue weighted by molar-refractivity contribution is 0.0970. The van der Waals surface area contributed by atoms with E-state index in [2.05, 4.69) is 9.98 Å². The number of para-hydroxylation sites is 1. The number of fused-ring (bicyclic) bond motifs is 1. The summed E-state index contributed by atoms with van der Waals surface area (Å²) in [5, 5.41) is 0.899. The number of thiazole rings is 1. The van der Waals surface area contributed by atoms with E-state index in [0.717, 1.165) is 21.1 Å². The number of amides is 1. The molecule has 0 atom stereocenters. The molecule has 1 aromatic carbocycles. The predicted octanol–water partition coefficient (Wildman–Crippen LogP) is 3.60. The fourth-order valence-electron chi connectivity index (χ4n) is 2.53. The lowest BCUT2D eigenvalue weighted by Gasteiger charge is -1.98. The summed E-state index contributed by atoms with van der Waals surface area (Å²) in [6.07, 6.45) is 3.65. The lowest BCUT2D eigenvalue weighted by Crippen LogP contribution is -2.12. The van der Waals surface area contributed by atoms with Crippen LogP contribution in [-0.2, 0) is 19.8 Å². The number of thioether (sulfide) groups is 1. The van der Waals surface area contributed by atoms with Gasteiger partial charge in [-0.3, -0.25) is 4.79 Å². The first-order chi connectivity index (χ1) is 12.6. The number of imidazole rings is 1. The molecule has 0 saturated carbocycles. The number of carbonyl (C=O) groups is 1. The maximum absolute atomic E-state index is 12.5. The molecule has 0 N–H and O–H groups in total. The molecule has 26 heavy (non-hydrogen) atoms. The Morgan fingerprint density at radius 2 is 2.12 bits per heavy atom. The summed E-state index contributed by atoms with van der Waals surface area (Å²) < 4.78 is 10.6. The Morgan fingerprint density at radius 3 is 2.88 bits per heavy atom. The summed E-state index contributed by atoms with van der Waals surface area (Å²) in [5.74, 6) is 1.20. The van der Waals surface area contributed by atoms with Crippen LogP contribution in [0.1, 0.15) is 16.3 Å². The van der Waals surface area contributed by atoms with Gasteiger partial charge in [-0.2, -0.15) is 4.99 Å². The van der Waals surface area contributed by atoms with Crippen LogP contribution in [-0.4, -0.2) is 20.0 Å². The second-order valence-corrected chi connectivity index (χ2v) is 7.66. The molecule has 4 rings (SSSR count). The first-order valence-corrected chi connectivity index (χ1v) is 9.74. The molecule has 0 aliphatic carbocycles. The van der Waals surface area contributed by atoms with Gasteiger partial charge in [0.1, 0.15) is 5.76 Å². The summed E-state index contributed by atoms with van der Waals surface area (Å²) in [6, 6.07) is 11.5. The van der Waals surface area contributed by atoms with E-state index in [0.29, 0.717) is 10.6 Å². The Labute approximate surface area is 157 Å². The smallest absolute Gasteiger partial charge is 0.315 e. The lowest BCUT2D eigenvalue weighted by atomic mass is 10.3. The van der Waals surface area contributed by atoms with Gasteiger partial charge in [0.15, 0.2) is 15.7 Å². The highest BCUT2D eigenvalue weighted by molar-refractivity contribution is 7.98. The molecule has 4 aromatic rings. The third-order valence-corrected chi connectivity index (χ3v) is 6.10. The number of nitrogens with zero attached hydrogens (tertiary/aromatic N) is 4. The number of hydrogen-bond acceptors (Lipinski definition) is 5. The van der Waals surface area contributed by atoms with Crippen molar-refractivity contribution >= 4 is 39.2 Å². The minimum absolute atomic E-state index is 0.248. The van der Waals surface area contributed by atoms with Gasteiger partial charge in [0.05, 0.1) is 16.0 Å². The summed E-state index contributed by atoms with van der Waals surface area (Å²) in [5.41, 5.74) is 1.05. The maximum atomic E-state index is 12.5. The number of carbonyl (C=O) groups excluding carboxylic acids is 1. The van der Waals surface area contributed by atoms with Crippen LogP contribution in [0.5, 0.6) is 0 Å². The molecule has 0 saturated heterocycles. The van der Waals surface area contributed by atoms with E-state index >= 15 is 0 Å². The molecule has 8 heteroatoms. The van der Waals surface area contributed by atoms with E-state index in [1.165, 1.54) is 11.3 Å². The molecule has 3 heterocycles. The fourth-order valence-corrected chi connectivity index (χ4v) is 4.37. The monoisotopic (exact) mass is 384 g/mol. The second-order valence-electron chi connectivity index (χ2n) is 5.70. The standard InChI is InChI=1S/C18H16N4O2S2/c1-21-10-9-19-17(21)25-11-12-7-8-14(24-12)16(23)20-18-22(2)13-5-3-4-6-15(13)26-18/h3-10H,11H2,1-2H3. The van der Waals surface area contributed by atoms with Crippen molar-refractivity contribution in [3.8, 4) is 0 Å². The summed E-state index contributed by atoms with van der Waals surface area (Å²) >= 11 is 3.04. The normalized spacial score (nSPS) is 12.2. The van der Waals surface area contributed by atoms with Crippen molar-refractivity contribution < 1.29 is 9.21 Å². The molecule has 6 nitrogen and oxygen atoms in total. The highest BCUT2D eigenvalue weighted by Gasteiger charge is 2.12. The van der Waals surface area contributed by atoms with E-state index in [1.807, 2.05) is 59.8 Å². The van der Waals surface area contributed by atoms with Gasteiger partial charge in [-0.05, 0) is 24.3 Å². The van der Waals surface area contributed by atoms with Crippen molar-refractivity contribution in [1.82, 2.24) is 14.1 Å². The molecular weight excluding hydrogens is 368 g/mol. The van der Waals surface area contributed by atoms with Crippen molar-refractivity contribution in [2.75, 3.05) is 0 Å². The average Bonchev–Trinajstić information content (AvgIpc) is 3.34. The average molecular weight is 384 g/mol. The topological polar surface area (TPSA) is 65.3 Å². The van der Waals surface area contributed by atoms with Gasteiger partial charge >= 0.3 is 5.91 Å². The van der Waals surface area contributed by atoms with Crippen molar-refractivity contribution in [3.05, 3.63) is 65.1 Å². The fraction of sp³-hybridized carbons (Fsp3) is 0.167. The number of furan rings is 1. The third-order valence-electron chi connectivity index (χ3n) is 3.90. The highest BCUT2D eigenvalue weighted by Crippen LogP contribution is 2.22. The van der Waals surface area contributed by atoms with E-state index in [1.54, 1.807) is 24.0 Å². The van der Waals surface area contributed by atoms with Crippen LogP contribution in [0, 0.1) is 0 Å². The van der Waals surface area contributed by atoms with Gasteiger partial charge in [-0.25, -0.2) is 4.98 Å². The number of aryl methyl sites for hydroxylation is 2. The minimum Gasteiger partial charge on any atom is -0.455 e. The number of rotatable bonds is 4. The zero-order valence-electron chi connectivity index (χ0n) is 14.2. The van der Waals surface area contributed by atoms with Crippen LogP contribution >= 0.6 is 23.1 Å². The molecular formula is C18H16N4O2S2. The molecule has 0 radical (unpaired) electrons. The molecule has 132 valence electrons. The van der Waals surface area contributed by atoms with Crippen molar-refractivity contribution in [2.45, 2.75) is 10.9 Å². The van der Waals surface area contributed by atoms with E-state index < -0.39 is 0 Å². The zero-order chi connectivity index (χ0) is 18.1. The van der Waals surface area contributed by atoms with Crippen LogP contribution < -0.4 is 4.80 Å². The molecule has 0 fully saturated rings. The van der Waals surface area contributed by atoms with Crippen molar-refractivity contribution in [2.24, 2.45) is 19.1 Å². The first kappa shape index (κ1) is 16.9. The van der Waals surface area contributed by atoms with Gasteiger partial charge in [-0.15, -0.1) is 0 Å². The Balaban J connectivity index is 1.54. The molecule has 0 bridgehead atoms. The molecule has 3 aromatic heterocycles. The van der Waals surface area contributed by atoms with Crippen LogP contribution in [0.25, 0.3) is 10.2 Å². The van der Waals surface area contributed by atoms with Gasteiger partial charge in [0.2, 0.25) is 0 Å². The van der Waals surface area contributed by atoms with Gasteiger partial charge < -0.3 is 13.6 Å². The third kappa shape index (κ3) is 3.25. The maximum Gasteiger partial charge on any atom is 0.315 e. The molecule has 0 unspecified atom stereocenters. The van der Waals surface area contributed by atoms with E-state index in [4.69, 9.17) is 4.42 Å². The zero-order valence-corrected chi connectivity index (χ0v) is 15.9. The Morgan fingerprint density at radius 1 is 1.27 bits per heavy atom. The number of benzene rings is 1. The van der Waals surface area contributed by atoms with Crippen LogP contribution in [0.4, 0.5) is 0 Å². The summed E-state index contributed by atoms with van der Waals surface area (Å²) in [7, 11) is 3.85. The van der Waals surface area contributed by atoms with Crippen LogP contribution in [0.15, 0.2) is 63.4 Å². The van der Waals surface area contributed by atoms with Gasteiger partial charge in [-0.1, -0.05) is 35.2 Å². The molecule has 1 amide bonds.